The number of nitrogens with one attached hydrogen (secondary N) is 2. The van der Waals surface area contributed by atoms with Gasteiger partial charge in [0, 0.05) is 12.7 Å². The van der Waals surface area contributed by atoms with Crippen LogP contribution in [0.3, 0.4) is 0 Å². The minimum atomic E-state index is -0.430. The quantitative estimate of drug-likeness (QED) is 0.441. The summed E-state index contributed by atoms with van der Waals surface area (Å²) < 4.78 is 1.31. The van der Waals surface area contributed by atoms with Crippen LogP contribution >= 0.6 is 0 Å². The summed E-state index contributed by atoms with van der Waals surface area (Å²) in [5.41, 5.74) is 5.67. The number of hydrogen-bond acceptors (Lipinski definition) is 6. The fraction of sp³-hybridized carbons (Fsp3) is 0.0909. The molecule has 92 valence electrons. The molecule has 0 aromatic carbocycles. The van der Waals surface area contributed by atoms with Gasteiger partial charge in [0.25, 0.3) is 0 Å². The van der Waals surface area contributed by atoms with E-state index in [2.05, 4.69) is 32.4 Å². The Labute approximate surface area is 103 Å². The highest BCUT2D eigenvalue weighted by Gasteiger charge is 2.02. The first-order valence-corrected chi connectivity index (χ1v) is 5.27. The molecule has 0 unspecified atom stereocenters. The summed E-state index contributed by atoms with van der Waals surface area (Å²) in [6, 6.07) is 3.49. The predicted octanol–water partition coefficient (Wildman–Crippen LogP) is 0.125. The van der Waals surface area contributed by atoms with Gasteiger partial charge in [0.1, 0.15) is 6.33 Å². The van der Waals surface area contributed by atoms with E-state index in [1.807, 2.05) is 0 Å². The van der Waals surface area contributed by atoms with Gasteiger partial charge in [-0.05, 0) is 12.1 Å². The highest BCUT2D eigenvalue weighted by molar-refractivity contribution is 5.28. The van der Waals surface area contributed by atoms with Crippen LogP contribution in [0.2, 0.25) is 0 Å². The lowest BCUT2D eigenvalue weighted by Crippen LogP contribution is -2.28. The average molecular weight is 244 g/mol. The number of anilines is 1. The highest BCUT2D eigenvalue weighted by Crippen LogP contribution is 2.00. The minimum absolute atomic E-state index is 0.210. The van der Waals surface area contributed by atoms with E-state index in [1.165, 1.54) is 10.9 Å². The molecular formula is C11H12N6O. The third-order valence-corrected chi connectivity index (χ3v) is 2.07. The lowest BCUT2D eigenvalue weighted by molar-refractivity contribution is 0.814. The third kappa shape index (κ3) is 2.77. The SMILES string of the molecule is C=CCNNc1ncn(-c2cccnc2)c(=O)n1. The summed E-state index contributed by atoms with van der Waals surface area (Å²) >= 11 is 0. The molecule has 7 heteroatoms. The first-order valence-electron chi connectivity index (χ1n) is 5.27. The topological polar surface area (TPSA) is 84.7 Å². The van der Waals surface area contributed by atoms with Gasteiger partial charge in [-0.2, -0.15) is 4.98 Å². The number of pyridine rings is 1. The van der Waals surface area contributed by atoms with Crippen molar-refractivity contribution in [3.63, 3.8) is 0 Å². The molecule has 0 aliphatic rings. The Morgan fingerprint density at radius 2 is 2.39 bits per heavy atom. The summed E-state index contributed by atoms with van der Waals surface area (Å²) in [5, 5.41) is 0. The molecule has 7 nitrogen and oxygen atoms in total. The van der Waals surface area contributed by atoms with Gasteiger partial charge in [0.15, 0.2) is 0 Å². The smallest absolute Gasteiger partial charge is 0.289 e. The lowest BCUT2D eigenvalue weighted by Gasteiger charge is -2.06. The van der Waals surface area contributed by atoms with Gasteiger partial charge >= 0.3 is 5.69 Å². The largest absolute Gasteiger partial charge is 0.356 e. The fourth-order valence-electron chi connectivity index (χ4n) is 1.27. The molecule has 0 atom stereocenters. The monoisotopic (exact) mass is 244 g/mol. The van der Waals surface area contributed by atoms with Crippen molar-refractivity contribution in [2.75, 3.05) is 12.0 Å². The van der Waals surface area contributed by atoms with Gasteiger partial charge in [-0.3, -0.25) is 10.4 Å². The van der Waals surface area contributed by atoms with Gasteiger partial charge in [-0.25, -0.2) is 19.8 Å². The van der Waals surface area contributed by atoms with Crippen LogP contribution < -0.4 is 16.5 Å². The Balaban J connectivity index is 2.21. The Morgan fingerprint density at radius 3 is 3.06 bits per heavy atom. The minimum Gasteiger partial charge on any atom is -0.289 e. The molecule has 0 amide bonds. The molecule has 0 radical (unpaired) electrons. The molecule has 2 aromatic rings. The van der Waals surface area contributed by atoms with Crippen LogP contribution in [0, 0.1) is 0 Å². The lowest BCUT2D eigenvalue weighted by atomic mass is 10.4. The van der Waals surface area contributed by atoms with E-state index < -0.39 is 5.69 Å². The summed E-state index contributed by atoms with van der Waals surface area (Å²) in [4.78, 5) is 23.5. The van der Waals surface area contributed by atoms with E-state index in [9.17, 15) is 4.79 Å². The van der Waals surface area contributed by atoms with Crippen LogP contribution in [0.4, 0.5) is 5.95 Å². The van der Waals surface area contributed by atoms with Crippen LogP contribution in [-0.4, -0.2) is 26.1 Å². The van der Waals surface area contributed by atoms with Crippen molar-refractivity contribution >= 4 is 5.95 Å². The van der Waals surface area contributed by atoms with Crippen LogP contribution in [0.25, 0.3) is 5.69 Å². The zero-order valence-corrected chi connectivity index (χ0v) is 9.58. The Hall–Kier alpha value is -2.54. The summed E-state index contributed by atoms with van der Waals surface area (Å²) in [6.07, 6.45) is 6.26. The van der Waals surface area contributed by atoms with Crippen molar-refractivity contribution in [3.05, 3.63) is 54.0 Å². The molecule has 0 saturated heterocycles. The van der Waals surface area contributed by atoms with E-state index >= 15 is 0 Å². The van der Waals surface area contributed by atoms with Crippen molar-refractivity contribution in [1.29, 1.82) is 0 Å². The molecule has 2 aromatic heterocycles. The molecule has 18 heavy (non-hydrogen) atoms. The first-order chi connectivity index (χ1) is 8.81. The molecule has 2 rings (SSSR count). The van der Waals surface area contributed by atoms with Crippen LogP contribution in [-0.2, 0) is 0 Å². The third-order valence-electron chi connectivity index (χ3n) is 2.07. The molecule has 0 aliphatic heterocycles. The fourth-order valence-corrected chi connectivity index (χ4v) is 1.27. The highest BCUT2D eigenvalue weighted by atomic mass is 16.1. The molecule has 0 bridgehead atoms. The van der Waals surface area contributed by atoms with Crippen molar-refractivity contribution in [2.45, 2.75) is 0 Å². The molecule has 2 N–H and O–H groups in total. The molecule has 2 heterocycles. The second kappa shape index (κ2) is 5.69. The first kappa shape index (κ1) is 11.9. The maximum Gasteiger partial charge on any atom is 0.356 e. The zero-order valence-electron chi connectivity index (χ0n) is 9.58. The van der Waals surface area contributed by atoms with E-state index in [1.54, 1.807) is 30.6 Å². The number of hydrogen-bond donors (Lipinski definition) is 2. The number of nitrogens with zero attached hydrogens (tertiary/aromatic N) is 4. The molecular weight excluding hydrogens is 232 g/mol. The number of aromatic nitrogens is 4. The summed E-state index contributed by atoms with van der Waals surface area (Å²) in [7, 11) is 0. The van der Waals surface area contributed by atoms with E-state index in [-0.39, 0.29) is 5.95 Å². The van der Waals surface area contributed by atoms with Gasteiger partial charge < -0.3 is 0 Å². The normalized spacial score (nSPS) is 10.0. The maximum atomic E-state index is 11.8. The maximum absolute atomic E-state index is 11.8. The van der Waals surface area contributed by atoms with Crippen molar-refractivity contribution < 1.29 is 0 Å². The standard InChI is InChI=1S/C11H12N6O/c1-2-5-14-16-10-13-8-17(11(18)15-10)9-4-3-6-12-7-9/h2-4,6-8,14H,1,5H2,(H,15,16,18). The Morgan fingerprint density at radius 1 is 1.50 bits per heavy atom. The second-order valence-electron chi connectivity index (χ2n) is 3.34. The second-order valence-corrected chi connectivity index (χ2v) is 3.34. The zero-order chi connectivity index (χ0) is 12.8. The molecule has 0 saturated carbocycles. The van der Waals surface area contributed by atoms with Gasteiger partial charge in [0.2, 0.25) is 5.95 Å². The van der Waals surface area contributed by atoms with Crippen LogP contribution in [0.5, 0.6) is 0 Å². The Bertz CT molecular complexity index is 580. The van der Waals surface area contributed by atoms with E-state index in [0.717, 1.165) is 0 Å². The van der Waals surface area contributed by atoms with E-state index in [4.69, 9.17) is 0 Å². The predicted molar refractivity (Wildman–Crippen MR) is 67.2 cm³/mol. The average Bonchev–Trinajstić information content (AvgIpc) is 2.40. The van der Waals surface area contributed by atoms with Gasteiger partial charge in [-0.1, -0.05) is 6.08 Å². The van der Waals surface area contributed by atoms with Crippen molar-refractivity contribution in [2.24, 2.45) is 0 Å². The van der Waals surface area contributed by atoms with Crippen molar-refractivity contribution in [1.82, 2.24) is 24.9 Å². The molecule has 0 fully saturated rings. The number of rotatable bonds is 5. The van der Waals surface area contributed by atoms with Crippen LogP contribution in [0.15, 0.2) is 48.3 Å². The van der Waals surface area contributed by atoms with Gasteiger partial charge in [-0.15, -0.1) is 6.58 Å². The molecule has 0 spiro atoms. The van der Waals surface area contributed by atoms with Crippen molar-refractivity contribution in [3.8, 4) is 5.69 Å². The Kier molecular flexibility index (Phi) is 3.77. The van der Waals surface area contributed by atoms with E-state index in [0.29, 0.717) is 12.2 Å². The van der Waals surface area contributed by atoms with Crippen LogP contribution in [0.1, 0.15) is 0 Å². The summed E-state index contributed by atoms with van der Waals surface area (Å²) in [5.74, 6) is 0.210. The summed E-state index contributed by atoms with van der Waals surface area (Å²) in [6.45, 7) is 4.08. The molecule has 0 aliphatic carbocycles. The van der Waals surface area contributed by atoms with Gasteiger partial charge in [0.05, 0.1) is 11.9 Å². The number of hydrazine groups is 1.